The first-order valence-electron chi connectivity index (χ1n) is 5.85. The van der Waals surface area contributed by atoms with E-state index in [1.54, 1.807) is 6.92 Å². The van der Waals surface area contributed by atoms with Crippen molar-refractivity contribution in [3.63, 3.8) is 0 Å². The summed E-state index contributed by atoms with van der Waals surface area (Å²) in [5.74, 6) is -0.701. The largest absolute Gasteiger partial charge is 0.491 e. The molecule has 0 heterocycles. The molecule has 1 aromatic carbocycles. The van der Waals surface area contributed by atoms with Crippen LogP contribution < -0.4 is 15.4 Å². The van der Waals surface area contributed by atoms with Crippen LogP contribution in [0.5, 0.6) is 5.75 Å². The number of aliphatic hydroxyl groups excluding tert-OH is 1. The second-order valence-electron chi connectivity index (χ2n) is 3.84. The van der Waals surface area contributed by atoms with Gasteiger partial charge in [-0.05, 0) is 6.92 Å². The van der Waals surface area contributed by atoms with Gasteiger partial charge in [0, 0.05) is 18.7 Å². The average molecular weight is 278 g/mol. The van der Waals surface area contributed by atoms with Crippen LogP contribution >= 0.6 is 0 Å². The number of hydrogen-bond acceptors (Lipinski definition) is 4. The molecule has 0 unspecified atom stereocenters. The summed E-state index contributed by atoms with van der Waals surface area (Å²) < 4.78 is 43.5. The minimum Gasteiger partial charge on any atom is -0.491 e. The van der Waals surface area contributed by atoms with Gasteiger partial charge in [0.25, 0.3) is 6.43 Å². The zero-order chi connectivity index (χ0) is 14.4. The predicted octanol–water partition coefficient (Wildman–Crippen LogP) is 1.87. The van der Waals surface area contributed by atoms with E-state index in [0.29, 0.717) is 0 Å². The number of hydrogen-bond donors (Lipinski definition) is 2. The molecule has 0 radical (unpaired) electrons. The van der Waals surface area contributed by atoms with Gasteiger partial charge in [-0.1, -0.05) is 0 Å². The number of halogens is 3. The van der Waals surface area contributed by atoms with Crippen LogP contribution in [0.1, 0.15) is 6.92 Å². The topological polar surface area (TPSA) is 58.7 Å². The Morgan fingerprint density at radius 3 is 2.63 bits per heavy atom. The third-order valence-corrected chi connectivity index (χ3v) is 2.45. The number of ether oxygens (including phenoxy) is 1. The molecule has 0 aliphatic rings. The van der Waals surface area contributed by atoms with Crippen LogP contribution in [-0.2, 0) is 0 Å². The fourth-order valence-corrected chi connectivity index (χ4v) is 1.70. The zero-order valence-electron chi connectivity index (χ0n) is 10.6. The second-order valence-corrected chi connectivity index (χ2v) is 3.84. The molecule has 108 valence electrons. The Bertz CT molecular complexity index is 416. The highest BCUT2D eigenvalue weighted by atomic mass is 19.3. The Morgan fingerprint density at radius 2 is 2.11 bits per heavy atom. The first kappa shape index (κ1) is 15.4. The van der Waals surface area contributed by atoms with Gasteiger partial charge in [-0.25, -0.2) is 13.2 Å². The Balaban J connectivity index is 3.09. The summed E-state index contributed by atoms with van der Waals surface area (Å²) in [6.45, 7) is 0.996. The molecule has 0 aromatic heterocycles. The van der Waals surface area contributed by atoms with Gasteiger partial charge in [-0.2, -0.15) is 0 Å². The summed E-state index contributed by atoms with van der Waals surface area (Å²) in [6, 6.07) is 2.29. The fraction of sp³-hybridized carbons (Fsp3) is 0.500. The Labute approximate surface area is 109 Å². The van der Waals surface area contributed by atoms with Crippen molar-refractivity contribution in [3.8, 4) is 5.75 Å². The highest BCUT2D eigenvalue weighted by molar-refractivity contribution is 5.70. The van der Waals surface area contributed by atoms with Crippen molar-refractivity contribution >= 4 is 11.4 Å². The minimum absolute atomic E-state index is 0.0221. The highest BCUT2D eigenvalue weighted by Gasteiger charge is 2.17. The van der Waals surface area contributed by atoms with E-state index in [1.807, 2.05) is 0 Å². The predicted molar refractivity (Wildman–Crippen MR) is 67.3 cm³/mol. The van der Waals surface area contributed by atoms with Crippen molar-refractivity contribution in [3.05, 3.63) is 17.9 Å². The number of aliphatic hydroxyl groups is 1. The Morgan fingerprint density at radius 1 is 1.42 bits per heavy atom. The van der Waals surface area contributed by atoms with E-state index >= 15 is 0 Å². The highest BCUT2D eigenvalue weighted by Crippen LogP contribution is 2.31. The lowest BCUT2D eigenvalue weighted by Crippen LogP contribution is -2.32. The summed E-state index contributed by atoms with van der Waals surface area (Å²) >= 11 is 0. The fourth-order valence-electron chi connectivity index (χ4n) is 1.70. The summed E-state index contributed by atoms with van der Waals surface area (Å²) in [4.78, 5) is 1.20. The average Bonchev–Trinajstić information content (AvgIpc) is 2.32. The number of rotatable bonds is 7. The van der Waals surface area contributed by atoms with Crippen molar-refractivity contribution < 1.29 is 23.0 Å². The van der Waals surface area contributed by atoms with Gasteiger partial charge in [-0.3, -0.25) is 0 Å². The van der Waals surface area contributed by atoms with Gasteiger partial charge in [0.2, 0.25) is 0 Å². The zero-order valence-corrected chi connectivity index (χ0v) is 10.6. The first-order chi connectivity index (χ1) is 8.99. The monoisotopic (exact) mass is 278 g/mol. The maximum Gasteiger partial charge on any atom is 0.255 e. The molecule has 4 nitrogen and oxygen atoms in total. The molecule has 0 saturated carbocycles. The standard InChI is InChI=1S/C12H17F3N2O2/c1-2-19-11-6-10(9(16)5-8(11)13)17(3-4-18)7-12(14)15/h5-6,12,18H,2-4,7,16H2,1H3. The maximum absolute atomic E-state index is 13.5. The lowest BCUT2D eigenvalue weighted by Gasteiger charge is -2.25. The molecule has 19 heavy (non-hydrogen) atoms. The molecule has 7 heteroatoms. The van der Waals surface area contributed by atoms with Crippen molar-refractivity contribution in [2.75, 3.05) is 36.9 Å². The summed E-state index contributed by atoms with van der Waals surface area (Å²) in [5, 5.41) is 8.90. The Hall–Kier alpha value is -1.63. The number of alkyl halides is 2. The molecule has 0 aliphatic carbocycles. The second kappa shape index (κ2) is 7.08. The molecule has 0 amide bonds. The number of nitrogens with two attached hydrogens (primary N) is 1. The van der Waals surface area contributed by atoms with E-state index in [4.69, 9.17) is 15.6 Å². The van der Waals surface area contributed by atoms with Crippen LogP contribution in [0.15, 0.2) is 12.1 Å². The molecular formula is C12H17F3N2O2. The summed E-state index contributed by atoms with van der Waals surface area (Å²) in [6.07, 6.45) is -2.59. The van der Waals surface area contributed by atoms with Gasteiger partial charge in [0.1, 0.15) is 0 Å². The van der Waals surface area contributed by atoms with Gasteiger partial charge in [-0.15, -0.1) is 0 Å². The van der Waals surface area contributed by atoms with E-state index in [2.05, 4.69) is 0 Å². The number of nitrogen functional groups attached to an aromatic ring is 1. The molecular weight excluding hydrogens is 261 g/mol. The lowest BCUT2D eigenvalue weighted by atomic mass is 10.2. The smallest absolute Gasteiger partial charge is 0.255 e. The van der Waals surface area contributed by atoms with Crippen molar-refractivity contribution in [1.82, 2.24) is 0 Å². The first-order valence-corrected chi connectivity index (χ1v) is 5.85. The molecule has 0 spiro atoms. The quantitative estimate of drug-likeness (QED) is 0.748. The Kier molecular flexibility index (Phi) is 5.75. The summed E-state index contributed by atoms with van der Waals surface area (Å²) in [5.41, 5.74) is 5.87. The van der Waals surface area contributed by atoms with Gasteiger partial charge in [0.15, 0.2) is 11.6 Å². The molecule has 0 atom stereocenters. The van der Waals surface area contributed by atoms with Crippen molar-refractivity contribution in [1.29, 1.82) is 0 Å². The SMILES string of the molecule is CCOc1cc(N(CCO)CC(F)F)c(N)cc1F. The van der Waals surface area contributed by atoms with Crippen LogP contribution in [0.2, 0.25) is 0 Å². The molecule has 1 rings (SSSR count). The third kappa shape index (κ3) is 4.20. The van der Waals surface area contributed by atoms with Gasteiger partial charge in [0.05, 0.1) is 31.1 Å². The van der Waals surface area contributed by atoms with Gasteiger partial charge >= 0.3 is 0 Å². The number of nitrogens with zero attached hydrogens (tertiary/aromatic N) is 1. The van der Waals surface area contributed by atoms with Crippen LogP contribution in [0.4, 0.5) is 24.5 Å². The maximum atomic E-state index is 13.5. The van der Waals surface area contributed by atoms with Crippen molar-refractivity contribution in [2.45, 2.75) is 13.3 Å². The minimum atomic E-state index is -2.59. The van der Waals surface area contributed by atoms with E-state index in [9.17, 15) is 13.2 Å². The van der Waals surface area contributed by atoms with Crippen LogP contribution in [0.3, 0.4) is 0 Å². The normalized spacial score (nSPS) is 10.8. The van der Waals surface area contributed by atoms with E-state index in [1.165, 1.54) is 11.0 Å². The number of anilines is 2. The number of benzene rings is 1. The molecule has 1 aromatic rings. The van der Waals surface area contributed by atoms with E-state index in [0.717, 1.165) is 6.07 Å². The summed E-state index contributed by atoms with van der Waals surface area (Å²) in [7, 11) is 0. The van der Waals surface area contributed by atoms with E-state index in [-0.39, 0.29) is 36.9 Å². The van der Waals surface area contributed by atoms with Crippen LogP contribution in [0.25, 0.3) is 0 Å². The molecule has 3 N–H and O–H groups in total. The lowest BCUT2D eigenvalue weighted by molar-refractivity contribution is 0.153. The van der Waals surface area contributed by atoms with Gasteiger partial charge < -0.3 is 20.5 Å². The third-order valence-electron chi connectivity index (χ3n) is 2.45. The molecule has 0 bridgehead atoms. The van der Waals surface area contributed by atoms with Crippen LogP contribution in [-0.4, -0.2) is 37.8 Å². The molecule has 0 fully saturated rings. The van der Waals surface area contributed by atoms with Crippen LogP contribution in [0, 0.1) is 5.82 Å². The molecule has 0 saturated heterocycles. The van der Waals surface area contributed by atoms with E-state index < -0.39 is 18.8 Å². The van der Waals surface area contributed by atoms with Crippen molar-refractivity contribution in [2.24, 2.45) is 0 Å². The molecule has 0 aliphatic heterocycles.